The third-order valence-corrected chi connectivity index (χ3v) is 2.82. The van der Waals surface area contributed by atoms with E-state index in [0.29, 0.717) is 11.6 Å². The van der Waals surface area contributed by atoms with Gasteiger partial charge in [-0.3, -0.25) is 0 Å². The second-order valence-electron chi connectivity index (χ2n) is 3.92. The molecule has 0 radical (unpaired) electrons. The number of ether oxygens (including phenoxy) is 1. The van der Waals surface area contributed by atoms with Crippen molar-refractivity contribution >= 4 is 21.6 Å². The van der Waals surface area contributed by atoms with Crippen molar-refractivity contribution in [2.45, 2.75) is 13.8 Å². The Morgan fingerprint density at radius 2 is 2.00 bits per heavy atom. The minimum Gasteiger partial charge on any atom is -0.437 e. The number of pyridine rings is 1. The van der Waals surface area contributed by atoms with Crippen LogP contribution in [0.2, 0.25) is 0 Å². The molecule has 0 unspecified atom stereocenters. The van der Waals surface area contributed by atoms with Crippen LogP contribution in [-0.2, 0) is 0 Å². The molecule has 4 heteroatoms. The van der Waals surface area contributed by atoms with E-state index in [9.17, 15) is 0 Å². The first kappa shape index (κ1) is 11.9. The van der Waals surface area contributed by atoms with Crippen molar-refractivity contribution in [3.8, 4) is 11.6 Å². The normalized spacial score (nSPS) is 10.3. The van der Waals surface area contributed by atoms with E-state index in [1.165, 1.54) is 5.56 Å². The molecule has 0 aliphatic rings. The molecular formula is C13H13BrN2O. The second kappa shape index (κ2) is 4.75. The number of benzene rings is 1. The summed E-state index contributed by atoms with van der Waals surface area (Å²) in [5, 5.41) is 0. The van der Waals surface area contributed by atoms with Crippen molar-refractivity contribution in [2.24, 2.45) is 0 Å². The van der Waals surface area contributed by atoms with Gasteiger partial charge >= 0.3 is 0 Å². The highest BCUT2D eigenvalue weighted by molar-refractivity contribution is 9.10. The topological polar surface area (TPSA) is 48.1 Å². The van der Waals surface area contributed by atoms with Crippen molar-refractivity contribution in [2.75, 3.05) is 5.73 Å². The number of hydrogen-bond donors (Lipinski definition) is 1. The van der Waals surface area contributed by atoms with Crippen LogP contribution in [0.4, 0.5) is 5.69 Å². The summed E-state index contributed by atoms with van der Waals surface area (Å²) in [6, 6.07) is 7.75. The van der Waals surface area contributed by atoms with E-state index in [2.05, 4.69) is 27.0 Å². The lowest BCUT2D eigenvalue weighted by Gasteiger charge is -2.10. The van der Waals surface area contributed by atoms with E-state index in [1.54, 1.807) is 12.3 Å². The van der Waals surface area contributed by atoms with Gasteiger partial charge in [0.1, 0.15) is 5.75 Å². The molecule has 3 nitrogen and oxygen atoms in total. The molecule has 88 valence electrons. The first-order valence-electron chi connectivity index (χ1n) is 5.22. The zero-order valence-electron chi connectivity index (χ0n) is 9.70. The van der Waals surface area contributed by atoms with Crippen LogP contribution in [0.15, 0.2) is 34.9 Å². The standard InChI is InChI=1S/C13H13BrN2O/c1-8-3-4-12(9(2)5-8)17-13-11(15)6-10(14)7-16-13/h3-7H,15H2,1-2H3. The highest BCUT2D eigenvalue weighted by Gasteiger charge is 2.06. The number of aromatic nitrogens is 1. The molecule has 2 aromatic rings. The molecule has 2 N–H and O–H groups in total. The first-order chi connectivity index (χ1) is 8.06. The SMILES string of the molecule is Cc1ccc(Oc2ncc(Br)cc2N)c(C)c1. The van der Waals surface area contributed by atoms with Gasteiger partial charge < -0.3 is 10.5 Å². The molecule has 0 aliphatic carbocycles. The van der Waals surface area contributed by atoms with Gasteiger partial charge in [0.15, 0.2) is 0 Å². The van der Waals surface area contributed by atoms with Crippen LogP contribution in [-0.4, -0.2) is 4.98 Å². The Labute approximate surface area is 109 Å². The fourth-order valence-electron chi connectivity index (χ4n) is 1.55. The smallest absolute Gasteiger partial charge is 0.242 e. The van der Waals surface area contributed by atoms with E-state index in [4.69, 9.17) is 10.5 Å². The van der Waals surface area contributed by atoms with Crippen molar-refractivity contribution in [1.82, 2.24) is 4.98 Å². The molecule has 1 aromatic carbocycles. The van der Waals surface area contributed by atoms with Crippen LogP contribution in [0.5, 0.6) is 11.6 Å². The third-order valence-electron chi connectivity index (χ3n) is 2.38. The number of rotatable bonds is 2. The molecule has 0 fully saturated rings. The zero-order valence-corrected chi connectivity index (χ0v) is 11.3. The Morgan fingerprint density at radius 3 is 2.65 bits per heavy atom. The molecule has 0 aliphatic heterocycles. The highest BCUT2D eigenvalue weighted by Crippen LogP contribution is 2.29. The first-order valence-corrected chi connectivity index (χ1v) is 6.01. The quantitative estimate of drug-likeness (QED) is 0.915. The predicted molar refractivity (Wildman–Crippen MR) is 72.3 cm³/mol. The van der Waals surface area contributed by atoms with Crippen molar-refractivity contribution in [1.29, 1.82) is 0 Å². The van der Waals surface area contributed by atoms with E-state index in [-0.39, 0.29) is 0 Å². The molecule has 0 saturated carbocycles. The average Bonchev–Trinajstić information content (AvgIpc) is 2.25. The molecule has 1 aromatic heterocycles. The van der Waals surface area contributed by atoms with Gasteiger partial charge in [0, 0.05) is 10.7 Å². The van der Waals surface area contributed by atoms with Gasteiger partial charge in [-0.1, -0.05) is 17.7 Å². The van der Waals surface area contributed by atoms with E-state index in [0.717, 1.165) is 15.8 Å². The third kappa shape index (κ3) is 2.77. The predicted octanol–water partition coefficient (Wildman–Crippen LogP) is 3.84. The summed E-state index contributed by atoms with van der Waals surface area (Å²) in [6.45, 7) is 4.04. The maximum atomic E-state index is 5.83. The summed E-state index contributed by atoms with van der Waals surface area (Å²) < 4.78 is 6.53. The molecule has 0 spiro atoms. The van der Waals surface area contributed by atoms with E-state index in [1.807, 2.05) is 26.0 Å². The fraction of sp³-hybridized carbons (Fsp3) is 0.154. The Balaban J connectivity index is 2.31. The minimum absolute atomic E-state index is 0.431. The van der Waals surface area contributed by atoms with Gasteiger partial charge in [-0.15, -0.1) is 0 Å². The van der Waals surface area contributed by atoms with Gasteiger partial charge in [0.05, 0.1) is 5.69 Å². The van der Waals surface area contributed by atoms with Crippen molar-refractivity contribution in [3.05, 3.63) is 46.1 Å². The zero-order chi connectivity index (χ0) is 12.4. The van der Waals surface area contributed by atoms with E-state index >= 15 is 0 Å². The summed E-state index contributed by atoms with van der Waals surface area (Å²) in [7, 11) is 0. The lowest BCUT2D eigenvalue weighted by Crippen LogP contribution is -1.96. The molecular weight excluding hydrogens is 280 g/mol. The van der Waals surface area contributed by atoms with Crippen LogP contribution < -0.4 is 10.5 Å². The largest absolute Gasteiger partial charge is 0.437 e. The molecule has 0 saturated heterocycles. The summed E-state index contributed by atoms with van der Waals surface area (Å²) in [5.74, 6) is 1.21. The number of nitrogens with zero attached hydrogens (tertiary/aromatic N) is 1. The minimum atomic E-state index is 0.431. The molecule has 2 rings (SSSR count). The number of nitrogen functional groups attached to an aromatic ring is 1. The number of anilines is 1. The molecule has 17 heavy (non-hydrogen) atoms. The molecule has 1 heterocycles. The second-order valence-corrected chi connectivity index (χ2v) is 4.83. The fourth-order valence-corrected chi connectivity index (χ4v) is 1.89. The highest BCUT2D eigenvalue weighted by atomic mass is 79.9. The Bertz CT molecular complexity index is 506. The number of hydrogen-bond acceptors (Lipinski definition) is 3. The summed E-state index contributed by atoms with van der Waals surface area (Å²) in [6.07, 6.45) is 1.66. The Morgan fingerprint density at radius 1 is 1.24 bits per heavy atom. The van der Waals surface area contributed by atoms with Crippen LogP contribution in [0.25, 0.3) is 0 Å². The number of halogens is 1. The average molecular weight is 293 g/mol. The van der Waals surface area contributed by atoms with Gasteiger partial charge in [-0.25, -0.2) is 4.98 Å². The van der Waals surface area contributed by atoms with Crippen molar-refractivity contribution in [3.63, 3.8) is 0 Å². The van der Waals surface area contributed by atoms with Crippen LogP contribution in [0, 0.1) is 13.8 Å². The van der Waals surface area contributed by atoms with Crippen LogP contribution in [0.1, 0.15) is 11.1 Å². The Kier molecular flexibility index (Phi) is 3.33. The number of nitrogens with two attached hydrogens (primary N) is 1. The lowest BCUT2D eigenvalue weighted by molar-refractivity contribution is 0.462. The lowest BCUT2D eigenvalue weighted by atomic mass is 10.1. The maximum absolute atomic E-state index is 5.83. The molecule has 0 atom stereocenters. The van der Waals surface area contributed by atoms with Gasteiger partial charge in [0.25, 0.3) is 0 Å². The van der Waals surface area contributed by atoms with Crippen LogP contribution in [0.3, 0.4) is 0 Å². The molecule has 0 amide bonds. The molecule has 0 bridgehead atoms. The maximum Gasteiger partial charge on any atom is 0.242 e. The van der Waals surface area contributed by atoms with Gasteiger partial charge in [0.2, 0.25) is 5.88 Å². The monoisotopic (exact) mass is 292 g/mol. The van der Waals surface area contributed by atoms with Crippen LogP contribution >= 0.6 is 15.9 Å². The number of aryl methyl sites for hydroxylation is 2. The van der Waals surface area contributed by atoms with Gasteiger partial charge in [-0.2, -0.15) is 0 Å². The summed E-state index contributed by atoms with van der Waals surface area (Å²) in [5.41, 5.74) is 8.61. The van der Waals surface area contributed by atoms with Crippen molar-refractivity contribution < 1.29 is 4.74 Å². The summed E-state index contributed by atoms with van der Waals surface area (Å²) >= 11 is 3.31. The van der Waals surface area contributed by atoms with E-state index < -0.39 is 0 Å². The Hall–Kier alpha value is -1.55. The van der Waals surface area contributed by atoms with Gasteiger partial charge in [-0.05, 0) is 47.5 Å². The summed E-state index contributed by atoms with van der Waals surface area (Å²) in [4.78, 5) is 4.14.